The Morgan fingerprint density at radius 2 is 1.89 bits per heavy atom. The van der Waals surface area contributed by atoms with E-state index in [9.17, 15) is 9.90 Å². The maximum absolute atomic E-state index is 11.7. The van der Waals surface area contributed by atoms with E-state index in [1.807, 2.05) is 36.4 Å². The van der Waals surface area contributed by atoms with Gasteiger partial charge in [-0.25, -0.2) is 4.79 Å². The van der Waals surface area contributed by atoms with Crippen LogP contribution in [0.2, 0.25) is 5.02 Å². The highest BCUT2D eigenvalue weighted by atomic mass is 35.5. The molecular weight excluding hydrogens is 509 g/mol. The number of hydrogen-bond donors (Lipinski definition) is 1. The number of aliphatic hydroxyl groups excluding tert-OH is 1. The van der Waals surface area contributed by atoms with Crippen LogP contribution in [0.1, 0.15) is 48.1 Å². The highest BCUT2D eigenvalue weighted by Crippen LogP contribution is 2.29. The van der Waals surface area contributed by atoms with E-state index in [4.69, 9.17) is 21.1 Å². The summed E-state index contributed by atoms with van der Waals surface area (Å²) in [5.74, 6) is 0.311. The van der Waals surface area contributed by atoms with Gasteiger partial charge in [0.2, 0.25) is 0 Å². The lowest BCUT2D eigenvalue weighted by Crippen LogP contribution is -2.39. The Morgan fingerprint density at radius 3 is 2.65 bits per heavy atom. The fourth-order valence-electron chi connectivity index (χ4n) is 4.87. The Kier molecular flexibility index (Phi) is 11.3. The fourth-order valence-corrected chi connectivity index (χ4v) is 5.07. The molecule has 0 bridgehead atoms. The molecule has 198 valence electrons. The van der Waals surface area contributed by atoms with Gasteiger partial charge in [0.1, 0.15) is 5.75 Å². The predicted molar refractivity (Wildman–Crippen MR) is 150 cm³/mol. The van der Waals surface area contributed by atoms with Gasteiger partial charge in [0, 0.05) is 24.2 Å². The first-order chi connectivity index (χ1) is 17.5. The summed E-state index contributed by atoms with van der Waals surface area (Å²) < 4.78 is 10.7. The average Bonchev–Trinajstić information content (AvgIpc) is 3.10. The molecule has 1 aliphatic rings. The standard InChI is InChI=1S/C30H34ClNO4.ClH/c1-2-35-30(34)21-36-28-15-14-23-10-7-13-27(17-25(23)18-28)32(19-22-8-4-3-5-9-22)20-29(33)24-11-6-12-26(31)16-24;/h3-6,8-9,11-12,14-16,18,27,29,33H,2,7,10,13,17,19-21H2,1H3;1H/t27?,29-;/m0./s1. The van der Waals surface area contributed by atoms with Crippen molar-refractivity contribution in [2.75, 3.05) is 19.8 Å². The van der Waals surface area contributed by atoms with E-state index in [1.165, 1.54) is 16.7 Å². The average molecular weight is 545 g/mol. The number of carbonyl (C=O) groups is 1. The summed E-state index contributed by atoms with van der Waals surface area (Å²) in [5.41, 5.74) is 4.58. The van der Waals surface area contributed by atoms with Crippen molar-refractivity contribution in [3.05, 3.63) is 100 Å². The number of aliphatic hydroxyl groups is 1. The molecule has 0 heterocycles. The second kappa shape index (κ2) is 14.4. The van der Waals surface area contributed by atoms with Gasteiger partial charge in [-0.2, -0.15) is 0 Å². The fraction of sp³-hybridized carbons (Fsp3) is 0.367. The first-order valence-corrected chi connectivity index (χ1v) is 13.0. The summed E-state index contributed by atoms with van der Waals surface area (Å²) in [4.78, 5) is 14.1. The van der Waals surface area contributed by atoms with Crippen LogP contribution < -0.4 is 4.74 Å². The van der Waals surface area contributed by atoms with E-state index in [-0.39, 0.29) is 31.0 Å². The Balaban J connectivity index is 0.00000380. The number of ether oxygens (including phenoxy) is 2. The minimum Gasteiger partial charge on any atom is -0.482 e. The van der Waals surface area contributed by atoms with Gasteiger partial charge in [-0.3, -0.25) is 4.90 Å². The minimum absolute atomic E-state index is 0. The van der Waals surface area contributed by atoms with Crippen molar-refractivity contribution >= 4 is 30.0 Å². The number of esters is 1. The van der Waals surface area contributed by atoms with Gasteiger partial charge in [-0.1, -0.05) is 60.1 Å². The minimum atomic E-state index is -0.644. The molecule has 1 N–H and O–H groups in total. The zero-order valence-electron chi connectivity index (χ0n) is 21.1. The Hall–Kier alpha value is -2.57. The molecule has 1 unspecified atom stereocenters. The number of benzene rings is 3. The lowest BCUT2D eigenvalue weighted by atomic mass is 9.99. The van der Waals surface area contributed by atoms with Gasteiger partial charge in [-0.05, 0) is 79.1 Å². The van der Waals surface area contributed by atoms with Crippen molar-refractivity contribution in [1.29, 1.82) is 0 Å². The van der Waals surface area contributed by atoms with Gasteiger partial charge in [0.05, 0.1) is 12.7 Å². The quantitative estimate of drug-likeness (QED) is 0.244. The molecule has 0 saturated heterocycles. The third-order valence-electron chi connectivity index (χ3n) is 6.66. The maximum atomic E-state index is 11.7. The summed E-state index contributed by atoms with van der Waals surface area (Å²) in [6, 6.07) is 24.2. The number of halogens is 2. The second-order valence-corrected chi connectivity index (χ2v) is 9.70. The summed E-state index contributed by atoms with van der Waals surface area (Å²) >= 11 is 6.19. The molecule has 0 aromatic heterocycles. The monoisotopic (exact) mass is 543 g/mol. The van der Waals surface area contributed by atoms with Gasteiger partial charge in [0.15, 0.2) is 6.61 Å². The molecule has 0 aliphatic heterocycles. The molecule has 0 radical (unpaired) electrons. The molecule has 0 fully saturated rings. The van der Waals surface area contributed by atoms with Crippen LogP contribution in [0.4, 0.5) is 0 Å². The third-order valence-corrected chi connectivity index (χ3v) is 6.90. The highest BCUT2D eigenvalue weighted by molar-refractivity contribution is 6.30. The van der Waals surface area contributed by atoms with Crippen LogP contribution in [-0.4, -0.2) is 41.8 Å². The summed E-state index contributed by atoms with van der Waals surface area (Å²) in [5, 5.41) is 11.8. The van der Waals surface area contributed by atoms with Gasteiger partial charge in [-0.15, -0.1) is 12.4 Å². The number of carbonyl (C=O) groups excluding carboxylic acids is 1. The van der Waals surface area contributed by atoms with Crippen molar-refractivity contribution in [3.8, 4) is 5.75 Å². The van der Waals surface area contributed by atoms with E-state index < -0.39 is 6.10 Å². The summed E-state index contributed by atoms with van der Waals surface area (Å²) in [7, 11) is 0. The first-order valence-electron chi connectivity index (χ1n) is 12.6. The van der Waals surface area contributed by atoms with Crippen molar-refractivity contribution < 1.29 is 19.4 Å². The van der Waals surface area contributed by atoms with Gasteiger partial charge >= 0.3 is 5.97 Å². The molecule has 0 spiro atoms. The Bertz CT molecular complexity index is 1140. The number of nitrogens with zero attached hydrogens (tertiary/aromatic N) is 1. The van der Waals surface area contributed by atoms with Gasteiger partial charge < -0.3 is 14.6 Å². The third kappa shape index (κ3) is 8.47. The van der Waals surface area contributed by atoms with Crippen molar-refractivity contribution in [2.24, 2.45) is 0 Å². The second-order valence-electron chi connectivity index (χ2n) is 9.26. The topological polar surface area (TPSA) is 59.0 Å². The van der Waals surface area contributed by atoms with Crippen LogP contribution in [0.25, 0.3) is 0 Å². The molecule has 5 nitrogen and oxygen atoms in total. The van der Waals surface area contributed by atoms with Crippen molar-refractivity contribution in [2.45, 2.75) is 51.3 Å². The molecule has 7 heteroatoms. The number of fused-ring (bicyclic) bond motifs is 1. The largest absolute Gasteiger partial charge is 0.482 e. The van der Waals surface area contributed by atoms with Gasteiger partial charge in [0.25, 0.3) is 0 Å². The zero-order chi connectivity index (χ0) is 25.3. The van der Waals surface area contributed by atoms with Crippen molar-refractivity contribution in [3.63, 3.8) is 0 Å². The van der Waals surface area contributed by atoms with Crippen LogP contribution in [0.5, 0.6) is 5.75 Å². The van der Waals surface area contributed by atoms with E-state index in [1.54, 1.807) is 6.92 Å². The van der Waals surface area contributed by atoms with E-state index in [2.05, 4.69) is 41.3 Å². The Morgan fingerprint density at radius 1 is 1.08 bits per heavy atom. The number of rotatable bonds is 10. The van der Waals surface area contributed by atoms with E-state index in [0.29, 0.717) is 23.9 Å². The number of aryl methyl sites for hydroxylation is 1. The summed E-state index contributed by atoms with van der Waals surface area (Å²) in [6.07, 6.45) is 3.30. The predicted octanol–water partition coefficient (Wildman–Crippen LogP) is 6.19. The SMILES string of the molecule is CCOC(=O)COc1ccc2c(c1)CC(N(Cc1ccccc1)C[C@H](O)c1cccc(Cl)c1)CCC2.Cl. The smallest absolute Gasteiger partial charge is 0.344 e. The molecule has 3 aromatic carbocycles. The maximum Gasteiger partial charge on any atom is 0.344 e. The lowest BCUT2D eigenvalue weighted by molar-refractivity contribution is -0.145. The summed E-state index contributed by atoms with van der Waals surface area (Å²) in [6.45, 7) is 3.28. The zero-order valence-corrected chi connectivity index (χ0v) is 22.7. The number of hydrogen-bond acceptors (Lipinski definition) is 5. The van der Waals surface area contributed by atoms with Crippen LogP contribution in [0, 0.1) is 0 Å². The molecule has 0 saturated carbocycles. The highest BCUT2D eigenvalue weighted by Gasteiger charge is 2.26. The van der Waals surface area contributed by atoms with Crippen LogP contribution >= 0.6 is 24.0 Å². The molecule has 1 aliphatic carbocycles. The first kappa shape index (κ1) is 29.0. The molecule has 2 atom stereocenters. The molecular formula is C30H35Cl2NO4. The van der Waals surface area contributed by atoms with Crippen molar-refractivity contribution in [1.82, 2.24) is 4.90 Å². The molecule has 4 rings (SSSR count). The molecule has 37 heavy (non-hydrogen) atoms. The van der Waals surface area contributed by atoms with E-state index in [0.717, 1.165) is 37.8 Å². The molecule has 3 aromatic rings. The molecule has 0 amide bonds. The van der Waals surface area contributed by atoms with Crippen LogP contribution in [0.15, 0.2) is 72.8 Å². The Labute approximate surface area is 230 Å². The van der Waals surface area contributed by atoms with Crippen LogP contribution in [-0.2, 0) is 28.9 Å². The normalized spacial score (nSPS) is 15.7. The van der Waals surface area contributed by atoms with Crippen LogP contribution in [0.3, 0.4) is 0 Å². The lowest BCUT2D eigenvalue weighted by Gasteiger charge is -2.33. The van der Waals surface area contributed by atoms with E-state index >= 15 is 0 Å².